The maximum absolute atomic E-state index is 13.1. The minimum Gasteiger partial charge on any atom is -0.401 e. The molecule has 0 aliphatic heterocycles. The van der Waals surface area contributed by atoms with Crippen molar-refractivity contribution in [3.63, 3.8) is 0 Å². The molecule has 4 aromatic carbocycles. The van der Waals surface area contributed by atoms with Crippen LogP contribution < -0.4 is 13.6 Å². The van der Waals surface area contributed by atoms with Crippen molar-refractivity contribution in [1.82, 2.24) is 0 Å². The zero-order valence-corrected chi connectivity index (χ0v) is 17.5. The van der Waals surface area contributed by atoms with Gasteiger partial charge in [-0.1, -0.05) is 72.8 Å². The molecule has 0 saturated heterocycles. The van der Waals surface area contributed by atoms with Crippen LogP contribution >= 0.6 is 7.74 Å². The molecular formula is C25H20NO4P. The smallest absolute Gasteiger partial charge is 0.401 e. The minimum atomic E-state index is -3.61. The van der Waals surface area contributed by atoms with Crippen molar-refractivity contribution < 1.29 is 18.4 Å². The summed E-state index contributed by atoms with van der Waals surface area (Å²) in [5, 5.41) is 0. The number of benzene rings is 4. The summed E-state index contributed by atoms with van der Waals surface area (Å²) in [7, 11) is -3.61. The molecule has 1 amide bonds. The molecular weight excluding hydrogens is 409 g/mol. The lowest BCUT2D eigenvalue weighted by atomic mass is 10.2. The second-order valence-electron chi connectivity index (χ2n) is 6.45. The predicted molar refractivity (Wildman–Crippen MR) is 121 cm³/mol. The number of hydrogen-bond acceptors (Lipinski definition) is 4. The van der Waals surface area contributed by atoms with Gasteiger partial charge in [0.25, 0.3) is 5.91 Å². The molecule has 5 nitrogen and oxygen atoms in total. The van der Waals surface area contributed by atoms with Crippen LogP contribution in [-0.4, -0.2) is 5.91 Å². The normalized spacial score (nSPS) is 10.7. The number of para-hydroxylation sites is 3. The van der Waals surface area contributed by atoms with Crippen molar-refractivity contribution in [3.05, 3.63) is 127 Å². The Labute approximate surface area is 181 Å². The third-order valence-corrected chi connectivity index (χ3v) is 5.88. The summed E-state index contributed by atoms with van der Waals surface area (Å²) < 4.78 is 22.9. The van der Waals surface area contributed by atoms with Crippen molar-refractivity contribution in [2.24, 2.45) is 4.74 Å². The second kappa shape index (κ2) is 9.79. The lowest BCUT2D eigenvalue weighted by molar-refractivity contribution is 0.100. The summed E-state index contributed by atoms with van der Waals surface area (Å²) in [5.74, 6) is 0.948. The molecule has 0 fully saturated rings. The molecule has 4 rings (SSSR count). The van der Waals surface area contributed by atoms with Gasteiger partial charge in [-0.3, -0.25) is 4.79 Å². The number of hydrogen-bond donors (Lipinski definition) is 0. The fourth-order valence-corrected chi connectivity index (χ4v) is 4.45. The SMILES string of the molecule is O=C(N=P(Oc1ccccc1)(Oc1ccccc1)Oc1ccccc1)c1ccccc1. The molecule has 0 heterocycles. The van der Waals surface area contributed by atoms with Gasteiger partial charge in [0, 0.05) is 5.56 Å². The number of nitrogens with zero attached hydrogens (tertiary/aromatic N) is 1. The van der Waals surface area contributed by atoms with Crippen LogP contribution in [-0.2, 0) is 0 Å². The van der Waals surface area contributed by atoms with E-state index in [1.165, 1.54) is 0 Å². The molecule has 0 atom stereocenters. The Balaban J connectivity index is 1.83. The molecule has 0 bridgehead atoms. The van der Waals surface area contributed by atoms with Gasteiger partial charge >= 0.3 is 7.74 Å². The zero-order valence-electron chi connectivity index (χ0n) is 16.6. The summed E-state index contributed by atoms with van der Waals surface area (Å²) in [6, 6.07) is 35.9. The first-order chi connectivity index (χ1) is 15.2. The molecule has 0 aromatic heterocycles. The molecule has 4 aromatic rings. The molecule has 6 heteroatoms. The highest BCUT2D eigenvalue weighted by molar-refractivity contribution is 7.53. The van der Waals surface area contributed by atoms with E-state index in [9.17, 15) is 4.79 Å². The van der Waals surface area contributed by atoms with E-state index in [0.717, 1.165) is 0 Å². The van der Waals surface area contributed by atoms with Gasteiger partial charge in [-0.2, -0.15) is 0 Å². The number of amides is 1. The molecule has 31 heavy (non-hydrogen) atoms. The maximum Gasteiger partial charge on any atom is 0.531 e. The highest BCUT2D eigenvalue weighted by atomic mass is 31.2. The average molecular weight is 429 g/mol. The molecule has 0 N–H and O–H groups in total. The number of carbonyl (C=O) groups excluding carboxylic acids is 1. The second-order valence-corrected chi connectivity index (χ2v) is 8.14. The van der Waals surface area contributed by atoms with Crippen LogP contribution in [0.4, 0.5) is 0 Å². The third kappa shape index (κ3) is 5.62. The van der Waals surface area contributed by atoms with Crippen LogP contribution in [0.15, 0.2) is 126 Å². The van der Waals surface area contributed by atoms with Gasteiger partial charge in [0.1, 0.15) is 17.2 Å². The number of rotatable bonds is 7. The van der Waals surface area contributed by atoms with E-state index in [2.05, 4.69) is 4.74 Å². The molecule has 0 saturated carbocycles. The van der Waals surface area contributed by atoms with Crippen molar-refractivity contribution >= 4 is 13.6 Å². The Kier molecular flexibility index (Phi) is 6.46. The van der Waals surface area contributed by atoms with Crippen LogP contribution in [0.2, 0.25) is 0 Å². The van der Waals surface area contributed by atoms with Gasteiger partial charge in [-0.25, -0.2) is 0 Å². The van der Waals surface area contributed by atoms with Crippen molar-refractivity contribution in [2.75, 3.05) is 0 Å². The Morgan fingerprint density at radius 1 is 0.516 bits per heavy atom. The summed E-state index contributed by atoms with van der Waals surface area (Å²) in [6.07, 6.45) is 0. The lowest BCUT2D eigenvalue weighted by Gasteiger charge is -2.24. The minimum absolute atomic E-state index is 0.414. The Morgan fingerprint density at radius 3 is 1.19 bits per heavy atom. The van der Waals surface area contributed by atoms with Crippen LogP contribution in [0.1, 0.15) is 10.4 Å². The van der Waals surface area contributed by atoms with Gasteiger partial charge in [-0.15, -0.1) is 4.74 Å². The van der Waals surface area contributed by atoms with Crippen LogP contribution in [0, 0.1) is 0 Å². The Morgan fingerprint density at radius 2 is 0.839 bits per heavy atom. The first-order valence-corrected chi connectivity index (χ1v) is 11.2. The maximum atomic E-state index is 13.1. The summed E-state index contributed by atoms with van der Waals surface area (Å²) >= 11 is 0. The topological polar surface area (TPSA) is 57.1 Å². The largest absolute Gasteiger partial charge is 0.531 e. The van der Waals surface area contributed by atoms with Crippen LogP contribution in [0.5, 0.6) is 17.2 Å². The van der Waals surface area contributed by atoms with E-state index in [0.29, 0.717) is 22.8 Å². The molecule has 0 spiro atoms. The standard InChI is InChI=1S/C25H20NO4P/c27-25(21-13-5-1-6-14-21)26-31(28-22-15-7-2-8-16-22,29-23-17-9-3-10-18-23)30-24-19-11-4-12-20-24/h1-20H. The van der Waals surface area contributed by atoms with Crippen LogP contribution in [0.3, 0.4) is 0 Å². The van der Waals surface area contributed by atoms with Gasteiger partial charge in [0.2, 0.25) is 0 Å². The highest BCUT2D eigenvalue weighted by Gasteiger charge is 2.32. The van der Waals surface area contributed by atoms with E-state index in [-0.39, 0.29) is 0 Å². The zero-order chi connectivity index (χ0) is 21.4. The van der Waals surface area contributed by atoms with Crippen LogP contribution in [0.25, 0.3) is 0 Å². The first-order valence-electron chi connectivity index (χ1n) is 9.68. The molecule has 0 aliphatic carbocycles. The van der Waals surface area contributed by atoms with Crippen molar-refractivity contribution in [2.45, 2.75) is 0 Å². The van der Waals surface area contributed by atoms with E-state index in [1.54, 1.807) is 60.7 Å². The number of carbonyl (C=O) groups is 1. The van der Waals surface area contributed by atoms with E-state index < -0.39 is 13.6 Å². The quantitative estimate of drug-likeness (QED) is 0.297. The summed E-state index contributed by atoms with van der Waals surface area (Å²) in [5.41, 5.74) is 0.414. The monoisotopic (exact) mass is 429 g/mol. The van der Waals surface area contributed by atoms with Crippen molar-refractivity contribution in [1.29, 1.82) is 0 Å². The third-order valence-electron chi connectivity index (χ3n) is 4.13. The van der Waals surface area contributed by atoms with Gasteiger partial charge in [0.05, 0.1) is 0 Å². The van der Waals surface area contributed by atoms with Gasteiger partial charge < -0.3 is 13.6 Å². The molecule has 0 radical (unpaired) electrons. The van der Waals surface area contributed by atoms with E-state index in [4.69, 9.17) is 13.6 Å². The summed E-state index contributed by atoms with van der Waals surface area (Å²) in [4.78, 5) is 13.1. The molecule has 0 unspecified atom stereocenters. The van der Waals surface area contributed by atoms with Gasteiger partial charge in [0.15, 0.2) is 0 Å². The predicted octanol–water partition coefficient (Wildman–Crippen LogP) is 7.01. The van der Waals surface area contributed by atoms with Crippen molar-refractivity contribution in [3.8, 4) is 17.2 Å². The molecule has 154 valence electrons. The average Bonchev–Trinajstić information content (AvgIpc) is 2.81. The van der Waals surface area contributed by atoms with E-state index in [1.807, 2.05) is 60.7 Å². The van der Waals surface area contributed by atoms with Gasteiger partial charge in [-0.05, 0) is 48.5 Å². The highest BCUT2D eigenvalue weighted by Crippen LogP contribution is 2.53. The fraction of sp³-hybridized carbons (Fsp3) is 0. The molecule has 0 aliphatic rings. The Bertz CT molecular complexity index is 1060. The van der Waals surface area contributed by atoms with E-state index >= 15 is 0 Å². The lowest BCUT2D eigenvalue weighted by Crippen LogP contribution is -2.10. The Hall–Kier alpha value is -3.82. The summed E-state index contributed by atoms with van der Waals surface area (Å²) in [6.45, 7) is 0. The fourth-order valence-electron chi connectivity index (χ4n) is 2.71. The first kappa shape index (κ1) is 20.5.